The largest absolute Gasteiger partial charge is 0.399 e. The van der Waals surface area contributed by atoms with Gasteiger partial charge < -0.3 is 27.0 Å². The van der Waals surface area contributed by atoms with E-state index in [0.717, 1.165) is 11.4 Å². The quantitative estimate of drug-likeness (QED) is 0.340. The van der Waals surface area contributed by atoms with Crippen LogP contribution in [0.15, 0.2) is 24.3 Å². The molecule has 5 heteroatoms. The second kappa shape index (κ2) is 9.26. The van der Waals surface area contributed by atoms with Gasteiger partial charge in [-0.15, -0.1) is 0 Å². The summed E-state index contributed by atoms with van der Waals surface area (Å²) >= 11 is 0. The Balaban J connectivity index is 0.000000265. The average Bonchev–Trinajstić information content (AvgIpc) is 2.24. The molecule has 7 N–H and O–H groups in total. The molecule has 0 unspecified atom stereocenters. The number of aliphatic hydroxyl groups is 2. The molecule has 0 aliphatic rings. The summed E-state index contributed by atoms with van der Waals surface area (Å²) in [5.41, 5.74) is 12.2. The first-order valence-electron chi connectivity index (χ1n) is 4.74. The Kier molecular flexibility index (Phi) is 8.46. The van der Waals surface area contributed by atoms with Crippen molar-refractivity contribution in [3.05, 3.63) is 24.3 Å². The van der Waals surface area contributed by atoms with E-state index in [1.807, 2.05) is 0 Å². The zero-order valence-electron chi connectivity index (χ0n) is 8.69. The Morgan fingerprint density at radius 3 is 1.47 bits per heavy atom. The average molecular weight is 213 g/mol. The van der Waals surface area contributed by atoms with E-state index in [-0.39, 0.29) is 13.2 Å². The van der Waals surface area contributed by atoms with Gasteiger partial charge in [0.1, 0.15) is 0 Å². The van der Waals surface area contributed by atoms with Gasteiger partial charge in [0.15, 0.2) is 0 Å². The van der Waals surface area contributed by atoms with Crippen LogP contribution in [0, 0.1) is 0 Å². The van der Waals surface area contributed by atoms with E-state index in [4.69, 9.17) is 21.7 Å². The van der Waals surface area contributed by atoms with Crippen molar-refractivity contribution >= 4 is 11.4 Å². The fourth-order valence-corrected chi connectivity index (χ4v) is 0.779. The number of anilines is 2. The molecule has 0 heterocycles. The smallest absolute Gasteiger partial charge is 0.0555 e. The van der Waals surface area contributed by atoms with E-state index < -0.39 is 0 Å². The van der Waals surface area contributed by atoms with Gasteiger partial charge in [0.2, 0.25) is 0 Å². The van der Waals surface area contributed by atoms with Crippen molar-refractivity contribution in [1.29, 1.82) is 0 Å². The van der Waals surface area contributed by atoms with Crippen molar-refractivity contribution in [2.45, 2.75) is 0 Å². The summed E-state index contributed by atoms with van der Waals surface area (Å²) in [5, 5.41) is 19.1. The Morgan fingerprint density at radius 2 is 1.20 bits per heavy atom. The van der Waals surface area contributed by atoms with Crippen LogP contribution in [-0.4, -0.2) is 36.5 Å². The van der Waals surface area contributed by atoms with E-state index in [2.05, 4.69) is 5.32 Å². The molecule has 0 fully saturated rings. The molecule has 1 aromatic rings. The molecule has 1 aromatic carbocycles. The molecule has 0 atom stereocenters. The fraction of sp³-hybridized carbons (Fsp3) is 0.400. The Bertz CT molecular complexity index is 214. The molecule has 15 heavy (non-hydrogen) atoms. The van der Waals surface area contributed by atoms with Crippen LogP contribution in [0.3, 0.4) is 0 Å². The van der Waals surface area contributed by atoms with Crippen LogP contribution in [0.1, 0.15) is 0 Å². The summed E-state index contributed by atoms with van der Waals surface area (Å²) in [7, 11) is 0. The number of aliphatic hydroxyl groups excluding tert-OH is 2. The molecule has 1 rings (SSSR count). The van der Waals surface area contributed by atoms with Crippen molar-refractivity contribution in [2.24, 2.45) is 0 Å². The van der Waals surface area contributed by atoms with Crippen LogP contribution in [0.4, 0.5) is 11.4 Å². The third-order valence-corrected chi connectivity index (χ3v) is 1.51. The normalized spacial score (nSPS) is 9.20. The van der Waals surface area contributed by atoms with Crippen molar-refractivity contribution in [1.82, 2.24) is 5.32 Å². The highest BCUT2D eigenvalue weighted by Crippen LogP contribution is 2.04. The van der Waals surface area contributed by atoms with Gasteiger partial charge >= 0.3 is 0 Å². The summed E-state index contributed by atoms with van der Waals surface area (Å²) in [6.07, 6.45) is 0. The zero-order chi connectivity index (χ0) is 11.5. The first-order valence-corrected chi connectivity index (χ1v) is 4.74. The maximum atomic E-state index is 8.15. The highest BCUT2D eigenvalue weighted by Gasteiger charge is 1.80. The second-order valence-corrected chi connectivity index (χ2v) is 2.86. The van der Waals surface area contributed by atoms with Crippen LogP contribution < -0.4 is 16.8 Å². The summed E-state index contributed by atoms with van der Waals surface area (Å²) in [6, 6.07) is 7.09. The van der Waals surface area contributed by atoms with Crippen LogP contribution in [0.5, 0.6) is 0 Å². The fourth-order valence-electron chi connectivity index (χ4n) is 0.779. The van der Waals surface area contributed by atoms with Crippen molar-refractivity contribution in [2.75, 3.05) is 37.8 Å². The molecule has 0 aliphatic carbocycles. The maximum absolute atomic E-state index is 8.15. The molecule has 0 saturated heterocycles. The zero-order valence-corrected chi connectivity index (χ0v) is 8.69. The van der Waals surface area contributed by atoms with Gasteiger partial charge in [-0.1, -0.05) is 0 Å². The number of benzene rings is 1. The molecule has 0 radical (unpaired) electrons. The summed E-state index contributed by atoms with van der Waals surface area (Å²) in [5.74, 6) is 0. The van der Waals surface area contributed by atoms with E-state index in [9.17, 15) is 0 Å². The topological polar surface area (TPSA) is 105 Å². The van der Waals surface area contributed by atoms with Crippen LogP contribution in [0.2, 0.25) is 0 Å². The third kappa shape index (κ3) is 9.01. The summed E-state index contributed by atoms with van der Waals surface area (Å²) in [4.78, 5) is 0. The van der Waals surface area contributed by atoms with Crippen LogP contribution in [-0.2, 0) is 0 Å². The molecule has 0 saturated carbocycles. The lowest BCUT2D eigenvalue weighted by Crippen LogP contribution is -2.21. The van der Waals surface area contributed by atoms with E-state index in [1.54, 1.807) is 24.3 Å². The summed E-state index contributed by atoms with van der Waals surface area (Å²) in [6.45, 7) is 1.42. The van der Waals surface area contributed by atoms with E-state index in [0.29, 0.717) is 13.1 Å². The second-order valence-electron chi connectivity index (χ2n) is 2.86. The highest BCUT2D eigenvalue weighted by molar-refractivity contribution is 5.47. The van der Waals surface area contributed by atoms with Gasteiger partial charge in [-0.25, -0.2) is 0 Å². The van der Waals surface area contributed by atoms with E-state index >= 15 is 0 Å². The molecule has 86 valence electrons. The lowest BCUT2D eigenvalue weighted by molar-refractivity contribution is 0.267. The Hall–Kier alpha value is -1.30. The summed E-state index contributed by atoms with van der Waals surface area (Å²) < 4.78 is 0. The number of rotatable bonds is 4. The molecule has 0 spiro atoms. The molecular weight excluding hydrogens is 194 g/mol. The number of nitrogens with two attached hydrogens (primary N) is 2. The lowest BCUT2D eigenvalue weighted by Gasteiger charge is -1.94. The number of nitrogens with one attached hydrogen (secondary N) is 1. The highest BCUT2D eigenvalue weighted by atomic mass is 16.3. The minimum Gasteiger partial charge on any atom is -0.399 e. The first-order chi connectivity index (χ1) is 7.20. The number of nitrogen functional groups attached to an aromatic ring is 2. The molecule has 0 bridgehead atoms. The van der Waals surface area contributed by atoms with Gasteiger partial charge in [0.25, 0.3) is 0 Å². The molecular formula is C10H19N3O2. The standard InChI is InChI=1S/C6H8N2.C4H11NO2/c7-5-1-2-6(8)4-3-5;6-3-1-5-2-4-7/h1-4H,7-8H2;5-7H,1-4H2. The maximum Gasteiger partial charge on any atom is 0.0555 e. The molecule has 0 aliphatic heterocycles. The monoisotopic (exact) mass is 213 g/mol. The molecule has 0 aromatic heterocycles. The van der Waals surface area contributed by atoms with Gasteiger partial charge in [-0.2, -0.15) is 0 Å². The van der Waals surface area contributed by atoms with Gasteiger partial charge in [-0.3, -0.25) is 0 Å². The van der Waals surface area contributed by atoms with Crippen molar-refractivity contribution in [3.63, 3.8) is 0 Å². The minimum absolute atomic E-state index is 0.139. The minimum atomic E-state index is 0.139. The van der Waals surface area contributed by atoms with Crippen molar-refractivity contribution < 1.29 is 10.2 Å². The number of hydrogen-bond acceptors (Lipinski definition) is 5. The SMILES string of the molecule is Nc1ccc(N)cc1.OCCNCCO. The first kappa shape index (κ1) is 13.7. The predicted octanol–water partition coefficient (Wildman–Crippen LogP) is -0.588. The lowest BCUT2D eigenvalue weighted by atomic mass is 10.3. The van der Waals surface area contributed by atoms with Crippen molar-refractivity contribution in [3.8, 4) is 0 Å². The van der Waals surface area contributed by atoms with Gasteiger partial charge in [-0.05, 0) is 24.3 Å². The van der Waals surface area contributed by atoms with E-state index in [1.165, 1.54) is 0 Å². The van der Waals surface area contributed by atoms with Crippen LogP contribution in [0.25, 0.3) is 0 Å². The molecule has 5 nitrogen and oxygen atoms in total. The Morgan fingerprint density at radius 1 is 0.867 bits per heavy atom. The predicted molar refractivity (Wildman–Crippen MR) is 62.3 cm³/mol. The van der Waals surface area contributed by atoms with Gasteiger partial charge in [0.05, 0.1) is 13.2 Å². The Labute approximate surface area is 89.7 Å². The molecule has 0 amide bonds. The number of hydrogen-bond donors (Lipinski definition) is 5. The third-order valence-electron chi connectivity index (χ3n) is 1.51. The van der Waals surface area contributed by atoms with Gasteiger partial charge in [0, 0.05) is 24.5 Å². The van der Waals surface area contributed by atoms with Crippen LogP contribution >= 0.6 is 0 Å².